The van der Waals surface area contributed by atoms with Gasteiger partial charge in [0.2, 0.25) is 0 Å². The molecule has 0 atom stereocenters. The van der Waals surface area contributed by atoms with Gasteiger partial charge in [-0.3, -0.25) is 9.78 Å². The van der Waals surface area contributed by atoms with Crippen LogP contribution < -0.4 is 16.4 Å². The van der Waals surface area contributed by atoms with E-state index in [1.54, 1.807) is 24.5 Å². The number of nitrogens with two attached hydrogens (primary N) is 2. The van der Waals surface area contributed by atoms with Crippen molar-refractivity contribution in [3.05, 3.63) is 52.8 Å². The smallest absolute Gasteiger partial charge is 0.250 e. The Morgan fingerprint density at radius 3 is 2.57 bits per heavy atom. The van der Waals surface area contributed by atoms with Crippen LogP contribution in [0.3, 0.4) is 0 Å². The molecular weight excluding hydrogens is 288 g/mol. The van der Waals surface area contributed by atoms with Crippen molar-refractivity contribution in [2.24, 2.45) is 5.73 Å². The number of pyridine rings is 1. The van der Waals surface area contributed by atoms with Crippen LogP contribution in [0.1, 0.15) is 22.8 Å². The molecule has 0 saturated heterocycles. The topological polar surface area (TPSA) is 85.2 Å². The number of nitrogen functional groups attached to an aromatic ring is 1. The van der Waals surface area contributed by atoms with Crippen LogP contribution in [0.25, 0.3) is 0 Å². The SMILES string of the molecule is CCN(Cc1ccncc1)c1c(Cl)cc(N)cc1C(N)=O. The zero-order valence-electron chi connectivity index (χ0n) is 11.7. The normalized spacial score (nSPS) is 10.4. The van der Waals surface area contributed by atoms with Crippen molar-refractivity contribution in [3.63, 3.8) is 0 Å². The van der Waals surface area contributed by atoms with Crippen LogP contribution in [-0.4, -0.2) is 17.4 Å². The number of aromatic nitrogens is 1. The number of amides is 1. The van der Waals surface area contributed by atoms with E-state index in [4.69, 9.17) is 23.1 Å². The molecule has 0 aliphatic carbocycles. The van der Waals surface area contributed by atoms with Gasteiger partial charge < -0.3 is 16.4 Å². The molecule has 1 aromatic heterocycles. The lowest BCUT2D eigenvalue weighted by Crippen LogP contribution is -2.26. The van der Waals surface area contributed by atoms with Crippen LogP contribution >= 0.6 is 11.6 Å². The summed E-state index contributed by atoms with van der Waals surface area (Å²) in [6, 6.07) is 7.01. The maximum Gasteiger partial charge on any atom is 0.250 e. The number of benzene rings is 1. The fourth-order valence-electron chi connectivity index (χ4n) is 2.19. The average molecular weight is 305 g/mol. The van der Waals surface area contributed by atoms with Crippen LogP contribution in [-0.2, 0) is 6.54 Å². The first-order valence-corrected chi connectivity index (χ1v) is 6.93. The Balaban J connectivity index is 2.44. The van der Waals surface area contributed by atoms with Gasteiger partial charge in [-0.25, -0.2) is 0 Å². The summed E-state index contributed by atoms with van der Waals surface area (Å²) in [4.78, 5) is 17.6. The van der Waals surface area contributed by atoms with Crippen molar-refractivity contribution in [1.82, 2.24) is 4.98 Å². The Hall–Kier alpha value is -2.27. The first kappa shape index (κ1) is 15.1. The molecule has 5 nitrogen and oxygen atoms in total. The standard InChI is InChI=1S/C15H17ClN4O/c1-2-20(9-10-3-5-19-6-4-10)14-12(15(18)21)7-11(17)8-13(14)16/h3-8H,2,9,17H2,1H3,(H2,18,21). The maximum absolute atomic E-state index is 11.7. The Morgan fingerprint density at radius 2 is 2.00 bits per heavy atom. The summed E-state index contributed by atoms with van der Waals surface area (Å²) in [7, 11) is 0. The van der Waals surface area contributed by atoms with Gasteiger partial charge in [0.15, 0.2) is 0 Å². The van der Waals surface area contributed by atoms with E-state index in [1.807, 2.05) is 24.0 Å². The summed E-state index contributed by atoms with van der Waals surface area (Å²) in [5.41, 5.74) is 13.6. The number of carbonyl (C=O) groups is 1. The summed E-state index contributed by atoms with van der Waals surface area (Å²) in [5.74, 6) is -0.549. The Morgan fingerprint density at radius 1 is 1.33 bits per heavy atom. The summed E-state index contributed by atoms with van der Waals surface area (Å²) in [6.45, 7) is 3.26. The molecule has 1 amide bonds. The van der Waals surface area contributed by atoms with E-state index in [0.29, 0.717) is 35.1 Å². The van der Waals surface area contributed by atoms with Gasteiger partial charge in [0.25, 0.3) is 5.91 Å². The van der Waals surface area contributed by atoms with E-state index < -0.39 is 5.91 Å². The van der Waals surface area contributed by atoms with Crippen LogP contribution in [0.4, 0.5) is 11.4 Å². The van der Waals surface area contributed by atoms with Gasteiger partial charge >= 0.3 is 0 Å². The van der Waals surface area contributed by atoms with Gasteiger partial charge in [-0.15, -0.1) is 0 Å². The molecule has 0 radical (unpaired) electrons. The highest BCUT2D eigenvalue weighted by Crippen LogP contribution is 2.33. The highest BCUT2D eigenvalue weighted by molar-refractivity contribution is 6.34. The van der Waals surface area contributed by atoms with E-state index >= 15 is 0 Å². The van der Waals surface area contributed by atoms with Crippen molar-refractivity contribution in [3.8, 4) is 0 Å². The molecule has 1 aromatic carbocycles. The van der Waals surface area contributed by atoms with E-state index in [2.05, 4.69) is 4.98 Å². The highest BCUT2D eigenvalue weighted by atomic mass is 35.5. The first-order valence-electron chi connectivity index (χ1n) is 6.55. The molecule has 110 valence electrons. The molecule has 0 aliphatic rings. The van der Waals surface area contributed by atoms with E-state index in [-0.39, 0.29) is 0 Å². The molecule has 0 spiro atoms. The molecule has 0 saturated carbocycles. The number of anilines is 2. The molecule has 0 aliphatic heterocycles. The fourth-order valence-corrected chi connectivity index (χ4v) is 2.53. The predicted molar refractivity (Wildman–Crippen MR) is 85.3 cm³/mol. The van der Waals surface area contributed by atoms with Crippen LogP contribution in [0, 0.1) is 0 Å². The summed E-state index contributed by atoms with van der Waals surface area (Å²) in [6.07, 6.45) is 3.45. The number of nitrogens with zero attached hydrogens (tertiary/aromatic N) is 2. The third-order valence-corrected chi connectivity index (χ3v) is 3.46. The number of hydrogen-bond donors (Lipinski definition) is 2. The van der Waals surface area contributed by atoms with Crippen molar-refractivity contribution in [2.45, 2.75) is 13.5 Å². The van der Waals surface area contributed by atoms with Gasteiger partial charge in [-0.1, -0.05) is 11.6 Å². The largest absolute Gasteiger partial charge is 0.399 e. The Kier molecular flexibility index (Phi) is 4.65. The van der Waals surface area contributed by atoms with Crippen molar-refractivity contribution >= 4 is 28.9 Å². The van der Waals surface area contributed by atoms with Gasteiger partial charge in [0.05, 0.1) is 16.3 Å². The first-order chi connectivity index (χ1) is 10.0. The molecule has 6 heteroatoms. The fraction of sp³-hybridized carbons (Fsp3) is 0.200. The van der Waals surface area contributed by atoms with Gasteiger partial charge in [-0.05, 0) is 36.8 Å². The third kappa shape index (κ3) is 3.44. The van der Waals surface area contributed by atoms with Crippen molar-refractivity contribution < 1.29 is 4.79 Å². The average Bonchev–Trinajstić information content (AvgIpc) is 2.45. The van der Waals surface area contributed by atoms with Crippen LogP contribution in [0.2, 0.25) is 5.02 Å². The molecule has 0 fully saturated rings. The van der Waals surface area contributed by atoms with Gasteiger partial charge in [-0.2, -0.15) is 0 Å². The molecule has 2 rings (SSSR count). The van der Waals surface area contributed by atoms with E-state index in [0.717, 1.165) is 5.56 Å². The minimum atomic E-state index is -0.549. The zero-order chi connectivity index (χ0) is 15.4. The molecule has 2 aromatic rings. The summed E-state index contributed by atoms with van der Waals surface area (Å²) >= 11 is 6.28. The van der Waals surface area contributed by atoms with Gasteiger partial charge in [0.1, 0.15) is 0 Å². The number of rotatable bonds is 5. The lowest BCUT2D eigenvalue weighted by Gasteiger charge is -2.26. The Labute approximate surface area is 128 Å². The molecule has 0 bridgehead atoms. The lowest BCUT2D eigenvalue weighted by atomic mass is 10.1. The Bertz CT molecular complexity index is 646. The second kappa shape index (κ2) is 6.45. The number of hydrogen-bond acceptors (Lipinski definition) is 4. The molecule has 0 unspecified atom stereocenters. The highest BCUT2D eigenvalue weighted by Gasteiger charge is 2.18. The molecule has 4 N–H and O–H groups in total. The third-order valence-electron chi connectivity index (χ3n) is 3.17. The second-order valence-corrected chi connectivity index (χ2v) is 5.04. The van der Waals surface area contributed by atoms with Crippen LogP contribution in [0.15, 0.2) is 36.7 Å². The maximum atomic E-state index is 11.7. The minimum Gasteiger partial charge on any atom is -0.399 e. The van der Waals surface area contributed by atoms with Gasteiger partial charge in [0, 0.05) is 31.2 Å². The van der Waals surface area contributed by atoms with Crippen molar-refractivity contribution in [2.75, 3.05) is 17.2 Å². The summed E-state index contributed by atoms with van der Waals surface area (Å²) < 4.78 is 0. The number of primary amides is 1. The summed E-state index contributed by atoms with van der Waals surface area (Å²) in [5, 5.41) is 0.416. The monoisotopic (exact) mass is 304 g/mol. The van der Waals surface area contributed by atoms with E-state index in [9.17, 15) is 4.79 Å². The van der Waals surface area contributed by atoms with E-state index in [1.165, 1.54) is 0 Å². The predicted octanol–water partition coefficient (Wildman–Crippen LogP) is 2.44. The number of carbonyl (C=O) groups excluding carboxylic acids is 1. The van der Waals surface area contributed by atoms with Crippen LogP contribution in [0.5, 0.6) is 0 Å². The second-order valence-electron chi connectivity index (χ2n) is 4.63. The lowest BCUT2D eigenvalue weighted by molar-refractivity contribution is 0.100. The molecule has 21 heavy (non-hydrogen) atoms. The zero-order valence-corrected chi connectivity index (χ0v) is 12.5. The molecular formula is C15H17ClN4O. The minimum absolute atomic E-state index is 0.330. The number of halogens is 1. The van der Waals surface area contributed by atoms with Crippen molar-refractivity contribution in [1.29, 1.82) is 0 Å². The molecule has 1 heterocycles. The quantitative estimate of drug-likeness (QED) is 0.831.